The summed E-state index contributed by atoms with van der Waals surface area (Å²) >= 11 is 0. The van der Waals surface area contributed by atoms with Gasteiger partial charge in [0.2, 0.25) is 5.78 Å². The Morgan fingerprint density at radius 2 is 1.79 bits per heavy atom. The first-order valence-electron chi connectivity index (χ1n) is 13.6. The molecule has 10 N–H and O–H groups in total. The summed E-state index contributed by atoms with van der Waals surface area (Å²) in [6.07, 6.45) is 1.98. The largest absolute Gasteiger partial charge is 0.510 e. The number of phenolic OH excluding ortho intramolecular Hbond substituents is 1. The van der Waals surface area contributed by atoms with Crippen LogP contribution in [0.1, 0.15) is 48.5 Å². The molecule has 4 rings (SSSR count). The molecule has 0 heterocycles. The fourth-order valence-electron chi connectivity index (χ4n) is 6.28. The van der Waals surface area contributed by atoms with Gasteiger partial charge in [-0.3, -0.25) is 24.3 Å². The average Bonchev–Trinajstić information content (AvgIpc) is 2.91. The van der Waals surface area contributed by atoms with Crippen LogP contribution in [0.3, 0.4) is 0 Å². The minimum absolute atomic E-state index is 0.135. The second-order valence-electron chi connectivity index (χ2n) is 11.3. The standard InChI is InChI=1S/C22H24N2O8.C7H14N2O2/c1-21(31)8-5-4-6-11(25)12(8)16(26)13-9(21)7-10-15(24(2)3)17(27)14(20(23)30)19(29)22(10,32)18(13)28;1-9-6(7(10)11)4-2-3-5-8/h4-6,9-10,15,25,27-28,31-32H,7H2,1-3H3,(H2,23,30);6H,1-5,8H2,(H,10,11)/t9-,10-,15-,21+,22-;6-/m00/s1. The zero-order valence-corrected chi connectivity index (χ0v) is 24.1. The monoisotopic (exact) mass is 602 g/mol. The summed E-state index contributed by atoms with van der Waals surface area (Å²) in [7, 11) is 3.06. The summed E-state index contributed by atoms with van der Waals surface area (Å²) < 4.78 is 0. The lowest BCUT2D eigenvalue weighted by Gasteiger charge is -2.52. The Bertz CT molecular complexity index is 1420. The second-order valence-corrected chi connectivity index (χ2v) is 11.3. The molecular weight excluding hydrogens is 564 g/mol. The number of aliphatic hydroxyl groups is 4. The average molecular weight is 603 g/mol. The van der Waals surface area contributed by atoms with Crippen molar-refractivity contribution < 1.29 is 49.8 Å². The Balaban J connectivity index is 0.000000393. The van der Waals surface area contributed by atoms with Crippen molar-refractivity contribution in [3.8, 4) is 5.75 Å². The summed E-state index contributed by atoms with van der Waals surface area (Å²) in [5, 5.41) is 63.5. The first-order chi connectivity index (χ1) is 20.0. The van der Waals surface area contributed by atoms with Crippen LogP contribution in [-0.4, -0.2) is 104 Å². The highest BCUT2D eigenvalue weighted by Crippen LogP contribution is 2.56. The van der Waals surface area contributed by atoms with E-state index in [0.29, 0.717) is 13.0 Å². The molecule has 0 unspecified atom stereocenters. The molecular formula is C29H38N4O10. The van der Waals surface area contributed by atoms with Gasteiger partial charge in [0.15, 0.2) is 11.4 Å². The van der Waals surface area contributed by atoms with Crippen molar-refractivity contribution in [2.75, 3.05) is 20.6 Å². The predicted molar refractivity (Wildman–Crippen MR) is 153 cm³/mol. The number of hydrogen-bond acceptors (Lipinski definition) is 12. The molecule has 3 aliphatic carbocycles. The summed E-state index contributed by atoms with van der Waals surface area (Å²) in [5.41, 5.74) is 4.58. The topological polar surface area (TPSA) is 257 Å². The number of benzene rings is 1. The van der Waals surface area contributed by atoms with Gasteiger partial charge in [0, 0.05) is 17.4 Å². The van der Waals surface area contributed by atoms with Crippen LogP contribution >= 0.6 is 0 Å². The Labute approximate surface area is 247 Å². The van der Waals surface area contributed by atoms with Crippen LogP contribution < -0.4 is 11.5 Å². The van der Waals surface area contributed by atoms with Crippen molar-refractivity contribution >= 4 is 30.2 Å². The van der Waals surface area contributed by atoms with Gasteiger partial charge in [0.25, 0.3) is 5.91 Å². The summed E-state index contributed by atoms with van der Waals surface area (Å²) in [5.74, 6) is -8.80. The predicted octanol–water partition coefficient (Wildman–Crippen LogP) is 0.0548. The number of aliphatic hydroxyl groups excluding tert-OH is 2. The number of Topliss-reactive ketones (excluding diaryl/α,β-unsaturated/α-hetero) is 2. The molecule has 14 heteroatoms. The van der Waals surface area contributed by atoms with E-state index in [1.165, 1.54) is 44.1 Å². The highest BCUT2D eigenvalue weighted by atomic mass is 16.4. The van der Waals surface area contributed by atoms with E-state index < -0.39 is 87.0 Å². The Hall–Kier alpha value is -4.11. The number of nitrogens with zero attached hydrogens (tertiary/aromatic N) is 2. The maximum atomic E-state index is 13.3. The normalized spacial score (nSPS) is 28.8. The van der Waals surface area contributed by atoms with Crippen molar-refractivity contribution in [2.45, 2.75) is 55.9 Å². The molecule has 0 fully saturated rings. The molecule has 1 aromatic rings. The number of carbonyl (C=O) groups is 4. The SMILES string of the molecule is C=N[C@@H](CCCCN)C(=O)O.CN(C)[C@@H]1C(O)=C(C(N)=O)C(=O)[C@@]2(O)C(O)=C3C(=O)c4c(O)cccc4[C@@](C)(O)[C@H]3C[C@@H]12. The Kier molecular flexibility index (Phi) is 9.51. The maximum Gasteiger partial charge on any atom is 0.328 e. The molecule has 0 aliphatic heterocycles. The van der Waals surface area contributed by atoms with Gasteiger partial charge in [-0.25, -0.2) is 4.79 Å². The van der Waals surface area contributed by atoms with Crippen molar-refractivity contribution in [3.63, 3.8) is 0 Å². The number of nitrogens with two attached hydrogens (primary N) is 2. The minimum atomic E-state index is -2.75. The second kappa shape index (κ2) is 12.2. The first-order valence-corrected chi connectivity index (χ1v) is 13.6. The minimum Gasteiger partial charge on any atom is -0.510 e. The number of aromatic hydroxyl groups is 1. The summed E-state index contributed by atoms with van der Waals surface area (Å²) in [6, 6.07) is 2.40. The number of fused-ring (bicyclic) bond motifs is 3. The molecule has 1 aromatic carbocycles. The van der Waals surface area contributed by atoms with Gasteiger partial charge >= 0.3 is 5.97 Å². The fourth-order valence-corrected chi connectivity index (χ4v) is 6.28. The number of primary amides is 1. The molecule has 0 bridgehead atoms. The van der Waals surface area contributed by atoms with Gasteiger partial charge in [-0.15, -0.1) is 0 Å². The summed E-state index contributed by atoms with van der Waals surface area (Å²) in [4.78, 5) is 53.7. The van der Waals surface area contributed by atoms with Gasteiger partial charge < -0.3 is 42.1 Å². The quantitative estimate of drug-likeness (QED) is 0.112. The third-order valence-corrected chi connectivity index (χ3v) is 8.46. The number of phenols is 1. The van der Waals surface area contributed by atoms with E-state index in [0.717, 1.165) is 12.8 Å². The number of hydrogen-bond donors (Lipinski definition) is 8. The van der Waals surface area contributed by atoms with Gasteiger partial charge in [-0.2, -0.15) is 0 Å². The lowest BCUT2D eigenvalue weighted by molar-refractivity contribution is -0.152. The van der Waals surface area contributed by atoms with E-state index in [-0.39, 0.29) is 17.5 Å². The number of amides is 1. The number of rotatable bonds is 8. The highest BCUT2D eigenvalue weighted by molar-refractivity contribution is 6.24. The Morgan fingerprint density at radius 3 is 2.30 bits per heavy atom. The van der Waals surface area contributed by atoms with Crippen LogP contribution in [0.5, 0.6) is 5.75 Å². The number of unbranched alkanes of at least 4 members (excludes halogenated alkanes) is 1. The molecule has 0 aromatic heterocycles. The molecule has 0 spiro atoms. The molecule has 43 heavy (non-hydrogen) atoms. The molecule has 3 aliphatic rings. The van der Waals surface area contributed by atoms with E-state index in [2.05, 4.69) is 11.7 Å². The van der Waals surface area contributed by atoms with Gasteiger partial charge in [0.1, 0.15) is 28.9 Å². The van der Waals surface area contributed by atoms with Crippen LogP contribution in [-0.2, 0) is 20.0 Å². The van der Waals surface area contributed by atoms with Gasteiger partial charge in [-0.1, -0.05) is 12.1 Å². The van der Waals surface area contributed by atoms with E-state index >= 15 is 0 Å². The van der Waals surface area contributed by atoms with Gasteiger partial charge in [-0.05, 0) is 71.6 Å². The number of likely N-dealkylation sites (N-methyl/N-ethyl adjacent to an activating group) is 1. The number of carboxylic acid groups (broad SMARTS) is 1. The fraction of sp³-hybridized carbons (Fsp3) is 0.483. The smallest absolute Gasteiger partial charge is 0.328 e. The van der Waals surface area contributed by atoms with Crippen LogP contribution in [0.15, 0.2) is 45.9 Å². The first kappa shape index (κ1) is 33.4. The van der Waals surface area contributed by atoms with E-state index in [1.54, 1.807) is 0 Å². The highest BCUT2D eigenvalue weighted by Gasteiger charge is 2.65. The van der Waals surface area contributed by atoms with Crippen LogP contribution in [0.25, 0.3) is 0 Å². The number of aliphatic carboxylic acids is 1. The number of aliphatic imine (C=N–C) groups is 1. The molecule has 0 saturated carbocycles. The third-order valence-electron chi connectivity index (χ3n) is 8.46. The number of carboxylic acids is 1. The zero-order chi connectivity index (χ0) is 32.6. The molecule has 0 radical (unpaired) electrons. The number of carbonyl (C=O) groups excluding carboxylic acids is 3. The van der Waals surface area contributed by atoms with Crippen molar-refractivity contribution in [2.24, 2.45) is 28.3 Å². The van der Waals surface area contributed by atoms with Crippen LogP contribution in [0.4, 0.5) is 0 Å². The molecule has 1 amide bonds. The van der Waals surface area contributed by atoms with E-state index in [1.807, 2.05) is 0 Å². The van der Waals surface area contributed by atoms with Crippen LogP contribution in [0.2, 0.25) is 0 Å². The Morgan fingerprint density at radius 1 is 1.16 bits per heavy atom. The lowest BCUT2D eigenvalue weighted by Crippen LogP contribution is -2.65. The molecule has 6 atom stereocenters. The lowest BCUT2D eigenvalue weighted by atomic mass is 9.55. The van der Waals surface area contributed by atoms with Gasteiger partial charge in [0.05, 0.1) is 17.2 Å². The van der Waals surface area contributed by atoms with E-state index in [4.69, 9.17) is 16.6 Å². The zero-order valence-electron chi connectivity index (χ0n) is 24.1. The molecule has 0 saturated heterocycles. The van der Waals surface area contributed by atoms with Crippen LogP contribution in [0, 0.1) is 11.8 Å². The van der Waals surface area contributed by atoms with E-state index in [9.17, 15) is 44.7 Å². The number of ketones is 2. The van der Waals surface area contributed by atoms with Crippen molar-refractivity contribution in [1.29, 1.82) is 0 Å². The maximum absolute atomic E-state index is 13.3. The summed E-state index contributed by atoms with van der Waals surface area (Å²) in [6.45, 7) is 5.20. The van der Waals surface area contributed by atoms with Crippen molar-refractivity contribution in [3.05, 3.63) is 52.0 Å². The van der Waals surface area contributed by atoms with Crippen molar-refractivity contribution in [1.82, 2.24) is 4.90 Å². The molecule has 234 valence electrons. The molecule has 14 nitrogen and oxygen atoms in total. The third kappa shape index (κ3) is 5.42.